The lowest BCUT2D eigenvalue weighted by molar-refractivity contribution is 0.524. The van der Waals surface area contributed by atoms with Crippen LogP contribution in [0.5, 0.6) is 0 Å². The fourth-order valence-corrected chi connectivity index (χ4v) is 3.83. The van der Waals surface area contributed by atoms with Crippen molar-refractivity contribution in [3.63, 3.8) is 0 Å². The highest BCUT2D eigenvalue weighted by atomic mass is 16.3. The van der Waals surface area contributed by atoms with E-state index in [9.17, 15) is 0 Å². The van der Waals surface area contributed by atoms with E-state index in [2.05, 4.69) is 27.4 Å². The Hall–Kier alpha value is -4.14. The number of rotatable bonds is 8. The summed E-state index contributed by atoms with van der Waals surface area (Å²) in [6, 6.07) is 19.5. The minimum Gasteiger partial charge on any atom is -0.458 e. The standard InChI is InChI=1S/C26H25N7O/c27-15-20-6-7-22(34-20)24-23-21(10-13-30-24)26(33-25(32-23)18-8-11-29-12-9-18)31-16-19(28)14-17-4-2-1-3-5-17/h1-13,19H,14-16,27-28H2,(H,31,32,33)/t19-/m1/s1. The average Bonchev–Trinajstić information content (AvgIpc) is 3.37. The maximum Gasteiger partial charge on any atom is 0.162 e. The molecule has 0 amide bonds. The Morgan fingerprint density at radius 3 is 2.50 bits per heavy atom. The molecule has 1 aromatic carbocycles. The van der Waals surface area contributed by atoms with Gasteiger partial charge in [0.25, 0.3) is 0 Å². The molecule has 4 heterocycles. The van der Waals surface area contributed by atoms with Gasteiger partial charge < -0.3 is 21.2 Å². The summed E-state index contributed by atoms with van der Waals surface area (Å²) in [5.41, 5.74) is 15.5. The number of benzene rings is 1. The van der Waals surface area contributed by atoms with Crippen molar-refractivity contribution in [3.8, 4) is 22.8 Å². The van der Waals surface area contributed by atoms with E-state index in [1.807, 2.05) is 48.5 Å². The predicted octanol–water partition coefficient (Wildman–Crippen LogP) is 3.79. The number of hydrogen-bond acceptors (Lipinski definition) is 8. The fourth-order valence-electron chi connectivity index (χ4n) is 3.83. The second kappa shape index (κ2) is 9.78. The van der Waals surface area contributed by atoms with Crippen LogP contribution in [0.4, 0.5) is 5.82 Å². The summed E-state index contributed by atoms with van der Waals surface area (Å²) in [5.74, 6) is 2.54. The topological polar surface area (TPSA) is 129 Å². The van der Waals surface area contributed by atoms with Crippen LogP contribution in [0.1, 0.15) is 11.3 Å². The molecular formula is C26H25N7O. The number of anilines is 1. The van der Waals surface area contributed by atoms with Gasteiger partial charge in [-0.05, 0) is 42.3 Å². The van der Waals surface area contributed by atoms with Crippen LogP contribution in [0.3, 0.4) is 0 Å². The molecule has 4 aromatic heterocycles. The van der Waals surface area contributed by atoms with Crippen molar-refractivity contribution in [1.82, 2.24) is 19.9 Å². The number of nitrogens with one attached hydrogen (secondary N) is 1. The molecule has 5 N–H and O–H groups in total. The van der Waals surface area contributed by atoms with Crippen LogP contribution >= 0.6 is 0 Å². The van der Waals surface area contributed by atoms with Crippen LogP contribution in [-0.2, 0) is 13.0 Å². The van der Waals surface area contributed by atoms with Gasteiger partial charge in [-0.2, -0.15) is 0 Å². The van der Waals surface area contributed by atoms with E-state index < -0.39 is 0 Å². The van der Waals surface area contributed by atoms with Crippen LogP contribution in [0.25, 0.3) is 33.7 Å². The quantitative estimate of drug-likeness (QED) is 0.325. The minimum absolute atomic E-state index is 0.0877. The summed E-state index contributed by atoms with van der Waals surface area (Å²) in [4.78, 5) is 18.3. The van der Waals surface area contributed by atoms with E-state index in [0.717, 1.165) is 17.4 Å². The Morgan fingerprint density at radius 2 is 1.74 bits per heavy atom. The van der Waals surface area contributed by atoms with Gasteiger partial charge in [-0.1, -0.05) is 30.3 Å². The molecule has 0 aliphatic rings. The van der Waals surface area contributed by atoms with Crippen molar-refractivity contribution in [2.45, 2.75) is 19.0 Å². The summed E-state index contributed by atoms with van der Waals surface area (Å²) in [7, 11) is 0. The Bertz CT molecular complexity index is 1390. The van der Waals surface area contributed by atoms with Gasteiger partial charge in [-0.15, -0.1) is 0 Å². The zero-order valence-corrected chi connectivity index (χ0v) is 18.6. The number of fused-ring (bicyclic) bond motifs is 1. The van der Waals surface area contributed by atoms with Crippen molar-refractivity contribution in [2.75, 3.05) is 11.9 Å². The molecule has 0 bridgehead atoms. The third-order valence-electron chi connectivity index (χ3n) is 5.52. The number of nitrogens with two attached hydrogens (primary N) is 2. The Morgan fingerprint density at radius 1 is 0.912 bits per heavy atom. The first kappa shape index (κ1) is 21.7. The van der Waals surface area contributed by atoms with Crippen molar-refractivity contribution < 1.29 is 4.42 Å². The molecular weight excluding hydrogens is 426 g/mol. The van der Waals surface area contributed by atoms with E-state index in [4.69, 9.17) is 25.9 Å². The molecule has 1 atom stereocenters. The van der Waals surface area contributed by atoms with Gasteiger partial charge >= 0.3 is 0 Å². The fraction of sp³-hybridized carbons (Fsp3) is 0.154. The average molecular weight is 452 g/mol. The Kier molecular flexibility index (Phi) is 6.24. The molecule has 8 nitrogen and oxygen atoms in total. The number of pyridine rings is 2. The van der Waals surface area contributed by atoms with Crippen molar-refractivity contribution in [3.05, 3.63) is 90.6 Å². The maximum absolute atomic E-state index is 6.43. The second-order valence-electron chi connectivity index (χ2n) is 7.99. The smallest absolute Gasteiger partial charge is 0.162 e. The van der Waals surface area contributed by atoms with Crippen LogP contribution in [-0.4, -0.2) is 32.5 Å². The molecule has 0 saturated carbocycles. The van der Waals surface area contributed by atoms with Crippen molar-refractivity contribution >= 4 is 16.7 Å². The highest BCUT2D eigenvalue weighted by molar-refractivity contribution is 5.97. The summed E-state index contributed by atoms with van der Waals surface area (Å²) in [5, 5.41) is 4.28. The molecule has 0 spiro atoms. The molecule has 170 valence electrons. The molecule has 5 rings (SSSR count). The van der Waals surface area contributed by atoms with Crippen molar-refractivity contribution in [2.24, 2.45) is 11.5 Å². The first-order valence-electron chi connectivity index (χ1n) is 11.1. The Balaban J connectivity index is 1.53. The van der Waals surface area contributed by atoms with Gasteiger partial charge in [-0.25, -0.2) is 9.97 Å². The first-order valence-corrected chi connectivity index (χ1v) is 11.1. The van der Waals surface area contributed by atoms with Gasteiger partial charge in [-0.3, -0.25) is 9.97 Å². The van der Waals surface area contributed by atoms with Gasteiger partial charge in [0.15, 0.2) is 11.6 Å². The first-order chi connectivity index (χ1) is 16.7. The third kappa shape index (κ3) is 4.63. The van der Waals surface area contributed by atoms with Crippen LogP contribution in [0.2, 0.25) is 0 Å². The minimum atomic E-state index is -0.0877. The second-order valence-corrected chi connectivity index (χ2v) is 7.99. The zero-order valence-electron chi connectivity index (χ0n) is 18.6. The SMILES string of the molecule is NCc1ccc(-c2nccc3c(NC[C@H](N)Cc4ccccc4)nc(-c4ccncc4)nc23)o1. The predicted molar refractivity (Wildman–Crippen MR) is 133 cm³/mol. The van der Waals surface area contributed by atoms with E-state index in [1.165, 1.54) is 5.56 Å². The maximum atomic E-state index is 6.43. The lowest BCUT2D eigenvalue weighted by Crippen LogP contribution is -2.31. The van der Waals surface area contributed by atoms with Crippen molar-refractivity contribution in [1.29, 1.82) is 0 Å². The number of furan rings is 1. The highest BCUT2D eigenvalue weighted by Crippen LogP contribution is 2.31. The summed E-state index contributed by atoms with van der Waals surface area (Å²) in [6.45, 7) is 0.862. The van der Waals surface area contributed by atoms with Gasteiger partial charge in [0.1, 0.15) is 22.8 Å². The molecule has 0 aliphatic carbocycles. The molecule has 0 fully saturated rings. The molecule has 34 heavy (non-hydrogen) atoms. The number of nitrogens with zero attached hydrogens (tertiary/aromatic N) is 4. The van der Waals surface area contributed by atoms with E-state index in [1.54, 1.807) is 18.6 Å². The lowest BCUT2D eigenvalue weighted by atomic mass is 10.1. The Labute approximate surface area is 197 Å². The molecule has 5 aromatic rings. The summed E-state index contributed by atoms with van der Waals surface area (Å²) >= 11 is 0. The highest BCUT2D eigenvalue weighted by Gasteiger charge is 2.17. The van der Waals surface area contributed by atoms with E-state index in [0.29, 0.717) is 47.5 Å². The molecule has 0 saturated heterocycles. The van der Waals surface area contributed by atoms with Gasteiger partial charge in [0.05, 0.1) is 6.54 Å². The number of aromatic nitrogens is 4. The molecule has 8 heteroatoms. The van der Waals surface area contributed by atoms with E-state index >= 15 is 0 Å². The largest absolute Gasteiger partial charge is 0.458 e. The van der Waals surface area contributed by atoms with Crippen LogP contribution < -0.4 is 16.8 Å². The molecule has 0 radical (unpaired) electrons. The zero-order chi connectivity index (χ0) is 23.3. The molecule has 0 aliphatic heterocycles. The van der Waals surface area contributed by atoms with E-state index in [-0.39, 0.29) is 6.04 Å². The number of hydrogen-bond donors (Lipinski definition) is 3. The summed E-state index contributed by atoms with van der Waals surface area (Å²) in [6.07, 6.45) is 5.92. The summed E-state index contributed by atoms with van der Waals surface area (Å²) < 4.78 is 5.88. The monoisotopic (exact) mass is 451 g/mol. The normalized spacial score (nSPS) is 12.1. The lowest BCUT2D eigenvalue weighted by Gasteiger charge is -2.16. The molecule has 0 unspecified atom stereocenters. The van der Waals surface area contributed by atoms with Gasteiger partial charge in [0.2, 0.25) is 0 Å². The van der Waals surface area contributed by atoms with Crippen LogP contribution in [0.15, 0.2) is 83.7 Å². The third-order valence-corrected chi connectivity index (χ3v) is 5.52. The van der Waals surface area contributed by atoms with Crippen LogP contribution in [0, 0.1) is 0 Å². The van der Waals surface area contributed by atoms with Gasteiger partial charge in [0, 0.05) is 42.1 Å².